The van der Waals surface area contributed by atoms with E-state index < -0.39 is 0 Å². The van der Waals surface area contributed by atoms with Crippen LogP contribution in [0, 0.1) is 0 Å². The van der Waals surface area contributed by atoms with Crippen LogP contribution in [-0.2, 0) is 6.42 Å². The van der Waals surface area contributed by atoms with E-state index in [1.165, 1.54) is 5.56 Å². The van der Waals surface area contributed by atoms with Gasteiger partial charge in [-0.2, -0.15) is 0 Å². The van der Waals surface area contributed by atoms with Crippen molar-refractivity contribution in [1.82, 2.24) is 4.98 Å². The van der Waals surface area contributed by atoms with E-state index in [2.05, 4.69) is 17.2 Å². The van der Waals surface area contributed by atoms with Crippen LogP contribution < -0.4 is 0 Å². The molecule has 0 radical (unpaired) electrons. The minimum Gasteiger partial charge on any atom is -0.265 e. The fourth-order valence-electron chi connectivity index (χ4n) is 0.615. The van der Waals surface area contributed by atoms with Gasteiger partial charge in [0.2, 0.25) is 0 Å². The monoisotopic (exact) mass is 173 g/mol. The first-order valence-electron chi connectivity index (χ1n) is 2.76. The topological polar surface area (TPSA) is 12.9 Å². The number of hydrogen-bond acceptors (Lipinski definition) is 2. The smallest absolute Gasteiger partial charge is 0.0270 e. The van der Waals surface area contributed by atoms with Crippen LogP contribution in [0.3, 0.4) is 0 Å². The Morgan fingerprint density at radius 2 is 2.00 bits per heavy atom. The normalized spacial score (nSPS) is 8.00. The molecule has 1 nitrogen and oxygen atoms in total. The van der Waals surface area contributed by atoms with Crippen molar-refractivity contribution in [3.63, 3.8) is 0 Å². The molecule has 0 bridgehead atoms. The Labute approximate surface area is 71.9 Å². The van der Waals surface area contributed by atoms with E-state index in [9.17, 15) is 0 Å². The van der Waals surface area contributed by atoms with Crippen LogP contribution >= 0.6 is 24.6 Å². The van der Waals surface area contributed by atoms with Gasteiger partial charge in [-0.3, -0.25) is 4.98 Å². The maximum absolute atomic E-state index is 4.69. The Kier molecular flexibility index (Phi) is 5.08. The predicted molar refractivity (Wildman–Crippen MR) is 48.8 cm³/mol. The fraction of sp³-hybridized carbons (Fsp3) is 0.143. The number of rotatable bonds is 2. The van der Waals surface area contributed by atoms with Crippen LogP contribution in [0.2, 0.25) is 0 Å². The van der Waals surface area contributed by atoms with Gasteiger partial charge >= 0.3 is 0 Å². The van der Waals surface area contributed by atoms with Crippen molar-refractivity contribution in [2.45, 2.75) is 6.42 Å². The van der Waals surface area contributed by atoms with E-state index in [-0.39, 0.29) is 12.4 Å². The van der Waals surface area contributed by atoms with Crippen LogP contribution in [0.25, 0.3) is 0 Å². The van der Waals surface area contributed by atoms with Gasteiger partial charge in [-0.15, -0.1) is 12.4 Å². The number of hydrogen-bond donors (Lipinski definition) is 0. The zero-order valence-electron chi connectivity index (χ0n) is 5.36. The number of nitrogens with zero attached hydrogens (tertiary/aromatic N) is 1. The third kappa shape index (κ3) is 2.90. The van der Waals surface area contributed by atoms with Crippen LogP contribution in [0.15, 0.2) is 24.5 Å². The quantitative estimate of drug-likeness (QED) is 0.635. The first-order valence-corrected chi connectivity index (χ1v) is 3.23. The minimum absolute atomic E-state index is 0. The molecule has 1 aromatic rings. The summed E-state index contributed by atoms with van der Waals surface area (Å²) in [6.45, 7) is 0. The third-order valence-corrected chi connectivity index (χ3v) is 1.24. The minimum atomic E-state index is 0. The van der Waals surface area contributed by atoms with E-state index in [1.54, 1.807) is 17.8 Å². The van der Waals surface area contributed by atoms with Gasteiger partial charge in [0.1, 0.15) is 0 Å². The summed E-state index contributed by atoms with van der Waals surface area (Å²) >= 11 is 4.69. The highest BCUT2D eigenvalue weighted by atomic mass is 35.5. The summed E-state index contributed by atoms with van der Waals surface area (Å²) in [6, 6.07) is 3.92. The lowest BCUT2D eigenvalue weighted by Gasteiger charge is -1.89. The summed E-state index contributed by atoms with van der Waals surface area (Å²) in [4.78, 5) is 3.88. The van der Waals surface area contributed by atoms with Crippen molar-refractivity contribution < 1.29 is 0 Å². The van der Waals surface area contributed by atoms with Gasteiger partial charge in [0.05, 0.1) is 0 Å². The zero-order valence-corrected chi connectivity index (χ0v) is 6.99. The molecular formula is C7H8ClNS. The van der Waals surface area contributed by atoms with Gasteiger partial charge in [0.15, 0.2) is 0 Å². The fourth-order valence-corrected chi connectivity index (χ4v) is 0.808. The van der Waals surface area contributed by atoms with Crippen molar-refractivity contribution in [1.29, 1.82) is 0 Å². The van der Waals surface area contributed by atoms with E-state index in [0.717, 1.165) is 6.42 Å². The average molecular weight is 174 g/mol. The van der Waals surface area contributed by atoms with Gasteiger partial charge in [0, 0.05) is 18.8 Å². The zero-order chi connectivity index (χ0) is 6.53. The molecule has 0 atom stereocenters. The Balaban J connectivity index is 0.000000810. The van der Waals surface area contributed by atoms with Crippen molar-refractivity contribution >= 4 is 30.0 Å². The molecule has 1 heterocycles. The lowest BCUT2D eigenvalue weighted by Crippen LogP contribution is -1.82. The van der Waals surface area contributed by atoms with Crippen molar-refractivity contribution in [2.75, 3.05) is 0 Å². The highest BCUT2D eigenvalue weighted by Crippen LogP contribution is 1.94. The Bertz CT molecular complexity index is 188. The van der Waals surface area contributed by atoms with Gasteiger partial charge in [-0.05, 0) is 23.1 Å². The molecule has 0 saturated heterocycles. The lowest BCUT2D eigenvalue weighted by atomic mass is 10.2. The maximum atomic E-state index is 4.69. The number of halogens is 1. The second-order valence-corrected chi connectivity index (χ2v) is 2.06. The number of pyridine rings is 1. The SMILES string of the molecule is Cl.S=CCc1ccncc1. The largest absolute Gasteiger partial charge is 0.265 e. The summed E-state index contributed by atoms with van der Waals surface area (Å²) in [5.74, 6) is 0. The summed E-state index contributed by atoms with van der Waals surface area (Å²) in [5, 5.41) is 1.72. The number of thiocarbonyl (C=S) groups is 1. The lowest BCUT2D eigenvalue weighted by molar-refractivity contribution is 1.26. The van der Waals surface area contributed by atoms with Crippen LogP contribution in [0.5, 0.6) is 0 Å². The molecule has 0 saturated carbocycles. The highest BCUT2D eigenvalue weighted by Gasteiger charge is 1.83. The molecule has 1 rings (SSSR count). The van der Waals surface area contributed by atoms with Gasteiger partial charge in [-0.1, -0.05) is 12.2 Å². The van der Waals surface area contributed by atoms with Crippen molar-refractivity contribution in [3.8, 4) is 0 Å². The third-order valence-electron chi connectivity index (χ3n) is 1.07. The molecule has 54 valence electrons. The second kappa shape index (κ2) is 5.33. The standard InChI is InChI=1S/C7H7NS.ClH/c9-6-3-7-1-4-8-5-2-7;/h1-2,4-6H,3H2;1H. The molecule has 0 aliphatic rings. The van der Waals surface area contributed by atoms with Crippen LogP contribution in [-0.4, -0.2) is 10.4 Å². The Morgan fingerprint density at radius 1 is 1.40 bits per heavy atom. The first kappa shape index (κ1) is 9.53. The van der Waals surface area contributed by atoms with Gasteiger partial charge in [-0.25, -0.2) is 0 Å². The van der Waals surface area contributed by atoms with Crippen LogP contribution in [0.1, 0.15) is 5.56 Å². The molecule has 3 heteroatoms. The van der Waals surface area contributed by atoms with E-state index in [0.29, 0.717) is 0 Å². The molecule has 1 aromatic heterocycles. The average Bonchev–Trinajstić information content (AvgIpc) is 1.91. The molecule has 10 heavy (non-hydrogen) atoms. The van der Waals surface area contributed by atoms with E-state index in [4.69, 9.17) is 0 Å². The Hall–Kier alpha value is -0.470. The van der Waals surface area contributed by atoms with E-state index in [1.807, 2.05) is 12.1 Å². The molecule has 0 unspecified atom stereocenters. The molecule has 0 N–H and O–H groups in total. The van der Waals surface area contributed by atoms with Crippen molar-refractivity contribution in [2.24, 2.45) is 0 Å². The van der Waals surface area contributed by atoms with Gasteiger partial charge in [0.25, 0.3) is 0 Å². The molecule has 0 fully saturated rings. The summed E-state index contributed by atoms with van der Waals surface area (Å²) in [5.41, 5.74) is 1.22. The maximum Gasteiger partial charge on any atom is 0.0270 e. The van der Waals surface area contributed by atoms with Gasteiger partial charge < -0.3 is 0 Å². The predicted octanol–water partition coefficient (Wildman–Crippen LogP) is 2.05. The molecular weight excluding hydrogens is 166 g/mol. The second-order valence-electron chi connectivity index (χ2n) is 1.73. The number of aromatic nitrogens is 1. The highest BCUT2D eigenvalue weighted by molar-refractivity contribution is 7.78. The summed E-state index contributed by atoms with van der Waals surface area (Å²) in [6.07, 6.45) is 4.40. The summed E-state index contributed by atoms with van der Waals surface area (Å²) in [7, 11) is 0. The molecule has 0 aliphatic heterocycles. The van der Waals surface area contributed by atoms with E-state index >= 15 is 0 Å². The summed E-state index contributed by atoms with van der Waals surface area (Å²) < 4.78 is 0. The van der Waals surface area contributed by atoms with Crippen LogP contribution in [0.4, 0.5) is 0 Å². The molecule has 0 aromatic carbocycles. The Morgan fingerprint density at radius 3 is 2.50 bits per heavy atom. The molecule has 0 amide bonds. The first-order chi connectivity index (χ1) is 4.43. The van der Waals surface area contributed by atoms with Crippen molar-refractivity contribution in [3.05, 3.63) is 30.1 Å². The molecule has 0 spiro atoms. The molecule has 0 aliphatic carbocycles.